The standard InChI is InChI=1S/C24H30N4O3S/c1-16(31-4)14-22(25)28-24(30)18(3)32-15-23(29)27-21-12-10-20(11-13-21)26-17(2)19-8-6-5-7-9-19/h5-14,17-18,26H,15H2,1-4H3,(H,27,29)(H2,25,28,30)/b16-14-. The molecule has 8 heteroatoms. The summed E-state index contributed by atoms with van der Waals surface area (Å²) >= 11 is 1.20. The first kappa shape index (κ1) is 25.0. The zero-order valence-corrected chi connectivity index (χ0v) is 19.6. The highest BCUT2D eigenvalue weighted by atomic mass is 32.2. The molecular weight excluding hydrogens is 424 g/mol. The van der Waals surface area contributed by atoms with Gasteiger partial charge in [-0.15, -0.1) is 11.8 Å². The Bertz CT molecular complexity index is 945. The van der Waals surface area contributed by atoms with Gasteiger partial charge in [0.25, 0.3) is 0 Å². The van der Waals surface area contributed by atoms with Crippen LogP contribution in [0, 0.1) is 5.41 Å². The molecule has 4 N–H and O–H groups in total. The Morgan fingerprint density at radius 2 is 1.69 bits per heavy atom. The molecule has 32 heavy (non-hydrogen) atoms. The lowest BCUT2D eigenvalue weighted by Gasteiger charge is -2.16. The van der Waals surface area contributed by atoms with E-state index in [9.17, 15) is 9.59 Å². The SMILES string of the molecule is CO/C(C)=C\C(=N)NC(=O)C(C)SCC(=O)Nc1ccc(NC(C)c2ccccc2)cc1. The molecule has 0 heterocycles. The fourth-order valence-corrected chi connectivity index (χ4v) is 3.41. The molecule has 0 saturated heterocycles. The smallest absolute Gasteiger partial charge is 0.238 e. The van der Waals surface area contributed by atoms with Crippen molar-refractivity contribution in [3.8, 4) is 0 Å². The number of methoxy groups -OCH3 is 1. The Hall–Kier alpha value is -3.26. The number of thioether (sulfide) groups is 1. The van der Waals surface area contributed by atoms with Gasteiger partial charge in [0.1, 0.15) is 5.84 Å². The van der Waals surface area contributed by atoms with Crippen LogP contribution < -0.4 is 16.0 Å². The number of rotatable bonds is 10. The van der Waals surface area contributed by atoms with Gasteiger partial charge >= 0.3 is 0 Å². The van der Waals surface area contributed by atoms with Crippen LogP contribution in [0.1, 0.15) is 32.4 Å². The van der Waals surface area contributed by atoms with Crippen LogP contribution in [0.4, 0.5) is 11.4 Å². The summed E-state index contributed by atoms with van der Waals surface area (Å²) in [4.78, 5) is 24.4. The van der Waals surface area contributed by atoms with Gasteiger partial charge in [-0.05, 0) is 50.6 Å². The quantitative estimate of drug-likeness (QED) is 0.239. The summed E-state index contributed by atoms with van der Waals surface area (Å²) in [5.41, 5.74) is 2.84. The van der Waals surface area contributed by atoms with E-state index >= 15 is 0 Å². The normalized spacial score (nSPS) is 12.9. The van der Waals surface area contributed by atoms with Gasteiger partial charge in [-0.25, -0.2) is 0 Å². The van der Waals surface area contributed by atoms with Crippen molar-refractivity contribution in [3.63, 3.8) is 0 Å². The van der Waals surface area contributed by atoms with Crippen molar-refractivity contribution in [2.24, 2.45) is 0 Å². The van der Waals surface area contributed by atoms with Crippen molar-refractivity contribution in [1.29, 1.82) is 5.41 Å². The maximum atomic E-state index is 12.2. The number of amidine groups is 1. The molecular formula is C24H30N4O3S. The monoisotopic (exact) mass is 454 g/mol. The number of carbonyl (C=O) groups is 2. The summed E-state index contributed by atoms with van der Waals surface area (Å²) in [7, 11) is 1.49. The lowest BCUT2D eigenvalue weighted by atomic mass is 10.1. The molecule has 0 aliphatic rings. The Labute approximate surface area is 193 Å². The van der Waals surface area contributed by atoms with Crippen LogP contribution in [-0.4, -0.2) is 35.8 Å². The largest absolute Gasteiger partial charge is 0.501 e. The maximum Gasteiger partial charge on any atom is 0.238 e. The molecule has 2 amide bonds. The molecule has 0 bridgehead atoms. The highest BCUT2D eigenvalue weighted by molar-refractivity contribution is 8.01. The predicted molar refractivity (Wildman–Crippen MR) is 132 cm³/mol. The summed E-state index contributed by atoms with van der Waals surface area (Å²) in [5.74, 6) is 0.0567. The Morgan fingerprint density at radius 3 is 2.31 bits per heavy atom. The number of hydrogen-bond acceptors (Lipinski definition) is 6. The second kappa shape index (κ2) is 12.6. The second-order valence-corrected chi connectivity index (χ2v) is 8.55. The number of nitrogens with one attached hydrogen (secondary N) is 4. The Balaban J connectivity index is 1.78. The third-order valence-corrected chi connectivity index (χ3v) is 5.76. The molecule has 2 aromatic carbocycles. The van der Waals surface area contributed by atoms with Gasteiger partial charge in [-0.1, -0.05) is 30.3 Å². The van der Waals surface area contributed by atoms with Crippen molar-refractivity contribution < 1.29 is 14.3 Å². The number of amides is 2. The molecule has 0 saturated carbocycles. The zero-order chi connectivity index (χ0) is 23.5. The van der Waals surface area contributed by atoms with Crippen molar-refractivity contribution in [2.45, 2.75) is 32.1 Å². The minimum absolute atomic E-state index is 0.0541. The molecule has 0 spiro atoms. The predicted octanol–water partition coefficient (Wildman–Crippen LogP) is 4.56. The molecule has 0 aliphatic carbocycles. The first-order valence-electron chi connectivity index (χ1n) is 10.2. The summed E-state index contributed by atoms with van der Waals surface area (Å²) in [6, 6.07) is 17.8. The first-order chi connectivity index (χ1) is 15.3. The minimum Gasteiger partial charge on any atom is -0.501 e. The molecule has 0 aliphatic heterocycles. The van der Waals surface area contributed by atoms with E-state index in [0.29, 0.717) is 11.4 Å². The summed E-state index contributed by atoms with van der Waals surface area (Å²) in [5, 5.41) is 16.0. The van der Waals surface area contributed by atoms with Crippen LogP contribution >= 0.6 is 11.8 Å². The van der Waals surface area contributed by atoms with Crippen LogP contribution in [0.3, 0.4) is 0 Å². The number of allylic oxidation sites excluding steroid dienone is 1. The van der Waals surface area contributed by atoms with Crippen LogP contribution in [0.2, 0.25) is 0 Å². The minimum atomic E-state index is -0.483. The Morgan fingerprint density at radius 1 is 1.06 bits per heavy atom. The van der Waals surface area contributed by atoms with Gasteiger partial charge < -0.3 is 20.7 Å². The second-order valence-electron chi connectivity index (χ2n) is 7.22. The van der Waals surface area contributed by atoms with Crippen LogP contribution in [0.5, 0.6) is 0 Å². The van der Waals surface area contributed by atoms with Gasteiger partial charge in [-0.3, -0.25) is 15.0 Å². The van der Waals surface area contributed by atoms with E-state index in [1.165, 1.54) is 30.5 Å². The van der Waals surface area contributed by atoms with Crippen molar-refractivity contribution in [3.05, 3.63) is 72.0 Å². The lowest BCUT2D eigenvalue weighted by Crippen LogP contribution is -2.35. The topological polar surface area (TPSA) is 103 Å². The third-order valence-electron chi connectivity index (χ3n) is 4.61. The molecule has 2 atom stereocenters. The molecule has 0 fully saturated rings. The molecule has 0 radical (unpaired) electrons. The van der Waals surface area contributed by atoms with E-state index in [4.69, 9.17) is 10.1 Å². The van der Waals surface area contributed by atoms with E-state index in [1.54, 1.807) is 13.8 Å². The number of carbonyl (C=O) groups excluding carboxylic acids is 2. The van der Waals surface area contributed by atoms with Gasteiger partial charge in [0.05, 0.1) is 23.9 Å². The van der Waals surface area contributed by atoms with Gasteiger partial charge in [0, 0.05) is 23.5 Å². The maximum absolute atomic E-state index is 12.2. The van der Waals surface area contributed by atoms with E-state index < -0.39 is 5.25 Å². The van der Waals surface area contributed by atoms with Crippen LogP contribution in [0.15, 0.2) is 66.4 Å². The number of hydrogen-bond donors (Lipinski definition) is 4. The van der Waals surface area contributed by atoms with Gasteiger partial charge in [-0.2, -0.15) is 0 Å². The van der Waals surface area contributed by atoms with Crippen LogP contribution in [-0.2, 0) is 14.3 Å². The highest BCUT2D eigenvalue weighted by Crippen LogP contribution is 2.21. The zero-order valence-electron chi connectivity index (χ0n) is 18.8. The average Bonchev–Trinajstić information content (AvgIpc) is 2.79. The van der Waals surface area contributed by atoms with Crippen molar-refractivity contribution >= 4 is 40.8 Å². The number of ether oxygens (including phenoxy) is 1. The third kappa shape index (κ3) is 8.47. The molecule has 0 aromatic heterocycles. The van der Waals surface area contributed by atoms with Gasteiger partial charge in [0.15, 0.2) is 0 Å². The lowest BCUT2D eigenvalue weighted by molar-refractivity contribution is -0.118. The van der Waals surface area contributed by atoms with E-state index in [2.05, 4.69) is 35.0 Å². The first-order valence-corrected chi connectivity index (χ1v) is 11.3. The van der Waals surface area contributed by atoms with Crippen LogP contribution in [0.25, 0.3) is 0 Å². The molecule has 2 aromatic rings. The molecule has 2 unspecified atom stereocenters. The summed E-state index contributed by atoms with van der Waals surface area (Å²) in [6.45, 7) is 5.48. The number of anilines is 2. The fourth-order valence-electron chi connectivity index (χ4n) is 2.73. The van der Waals surface area contributed by atoms with Gasteiger partial charge in [0.2, 0.25) is 11.8 Å². The Kier molecular flexibility index (Phi) is 9.81. The van der Waals surface area contributed by atoms with E-state index in [-0.39, 0.29) is 29.4 Å². The van der Waals surface area contributed by atoms with Crippen molar-refractivity contribution in [1.82, 2.24) is 5.32 Å². The summed E-state index contributed by atoms with van der Waals surface area (Å²) in [6.07, 6.45) is 1.42. The van der Waals surface area contributed by atoms with Crippen molar-refractivity contribution in [2.75, 3.05) is 23.5 Å². The molecule has 7 nitrogen and oxygen atoms in total. The number of benzene rings is 2. The highest BCUT2D eigenvalue weighted by Gasteiger charge is 2.16. The van der Waals surface area contributed by atoms with E-state index in [1.807, 2.05) is 42.5 Å². The van der Waals surface area contributed by atoms with E-state index in [0.717, 1.165) is 5.69 Å². The average molecular weight is 455 g/mol. The molecule has 170 valence electrons. The fraction of sp³-hybridized carbons (Fsp3) is 0.292. The molecule has 2 rings (SSSR count). The summed E-state index contributed by atoms with van der Waals surface area (Å²) < 4.78 is 4.95.